The highest BCUT2D eigenvalue weighted by Gasteiger charge is 2.16. The van der Waals surface area contributed by atoms with Gasteiger partial charge >= 0.3 is 0 Å². The standard InChI is InChI=1S/C17H13Cl2N3O4S/c1-10-16(9-20-26-10)17(23)21-13-2-4-14(5-3-13)22-27(24,25)15-7-11(18)6-12(19)8-15/h2-9,22H,1H3,(H,21,23). The molecule has 10 heteroatoms. The molecule has 0 radical (unpaired) electrons. The van der Waals surface area contributed by atoms with Crippen LogP contribution >= 0.6 is 23.2 Å². The molecule has 3 rings (SSSR count). The summed E-state index contributed by atoms with van der Waals surface area (Å²) in [4.78, 5) is 12.1. The van der Waals surface area contributed by atoms with Crippen LogP contribution in [0.3, 0.4) is 0 Å². The average Bonchev–Trinajstić information content (AvgIpc) is 3.02. The summed E-state index contributed by atoms with van der Waals surface area (Å²) >= 11 is 11.7. The van der Waals surface area contributed by atoms with E-state index in [-0.39, 0.29) is 20.8 Å². The van der Waals surface area contributed by atoms with E-state index in [0.29, 0.717) is 22.7 Å². The lowest BCUT2D eigenvalue weighted by Gasteiger charge is -2.10. The molecule has 3 aromatic rings. The van der Waals surface area contributed by atoms with Crippen molar-refractivity contribution in [3.63, 3.8) is 0 Å². The molecule has 0 aliphatic carbocycles. The minimum absolute atomic E-state index is 0.0553. The van der Waals surface area contributed by atoms with Crippen LogP contribution in [0.25, 0.3) is 0 Å². The third-order valence-corrected chi connectivity index (χ3v) is 5.33. The summed E-state index contributed by atoms with van der Waals surface area (Å²) in [5.41, 5.74) is 1.11. The molecule has 1 amide bonds. The quantitative estimate of drug-likeness (QED) is 0.632. The summed E-state index contributed by atoms with van der Waals surface area (Å²) in [6.07, 6.45) is 1.32. The zero-order chi connectivity index (χ0) is 19.6. The monoisotopic (exact) mass is 425 g/mol. The Kier molecular flexibility index (Phi) is 5.41. The summed E-state index contributed by atoms with van der Waals surface area (Å²) in [6, 6.07) is 10.2. The zero-order valence-corrected chi connectivity index (χ0v) is 16.2. The lowest BCUT2D eigenvalue weighted by atomic mass is 10.2. The second-order valence-electron chi connectivity index (χ2n) is 5.54. The molecule has 7 nitrogen and oxygen atoms in total. The first-order chi connectivity index (χ1) is 12.7. The Balaban J connectivity index is 1.73. The van der Waals surface area contributed by atoms with E-state index in [2.05, 4.69) is 15.2 Å². The summed E-state index contributed by atoms with van der Waals surface area (Å²) < 4.78 is 32.2. The molecule has 0 saturated carbocycles. The molecule has 0 aliphatic heterocycles. The van der Waals surface area contributed by atoms with Crippen LogP contribution in [-0.4, -0.2) is 19.5 Å². The average molecular weight is 426 g/mol. The van der Waals surface area contributed by atoms with Gasteiger partial charge in [0.25, 0.3) is 15.9 Å². The first-order valence-corrected chi connectivity index (χ1v) is 9.80. The van der Waals surface area contributed by atoms with Crippen molar-refractivity contribution in [2.24, 2.45) is 0 Å². The minimum Gasteiger partial charge on any atom is -0.361 e. The van der Waals surface area contributed by atoms with Crippen molar-refractivity contribution in [3.05, 3.63) is 70.0 Å². The van der Waals surface area contributed by atoms with E-state index in [4.69, 9.17) is 27.7 Å². The number of hydrogen-bond donors (Lipinski definition) is 2. The third-order valence-electron chi connectivity index (χ3n) is 3.54. The Bertz CT molecular complexity index is 1080. The maximum atomic E-state index is 12.4. The van der Waals surface area contributed by atoms with Crippen LogP contribution in [0.5, 0.6) is 0 Å². The van der Waals surface area contributed by atoms with Gasteiger partial charge in [0.05, 0.1) is 11.1 Å². The molecule has 0 unspecified atom stereocenters. The van der Waals surface area contributed by atoms with Crippen LogP contribution in [0.4, 0.5) is 11.4 Å². The van der Waals surface area contributed by atoms with Gasteiger partial charge in [-0.05, 0) is 49.4 Å². The number of nitrogens with one attached hydrogen (secondary N) is 2. The Morgan fingerprint density at radius 2 is 1.63 bits per heavy atom. The maximum absolute atomic E-state index is 12.4. The fraction of sp³-hybridized carbons (Fsp3) is 0.0588. The zero-order valence-electron chi connectivity index (χ0n) is 13.9. The molecule has 0 atom stereocenters. The van der Waals surface area contributed by atoms with E-state index >= 15 is 0 Å². The molecule has 0 aliphatic rings. The number of anilines is 2. The Labute approximate surface area is 165 Å². The lowest BCUT2D eigenvalue weighted by Crippen LogP contribution is -2.14. The fourth-order valence-electron chi connectivity index (χ4n) is 2.23. The van der Waals surface area contributed by atoms with Crippen molar-refractivity contribution in [2.45, 2.75) is 11.8 Å². The van der Waals surface area contributed by atoms with Gasteiger partial charge in [-0.25, -0.2) is 8.42 Å². The molecule has 0 saturated heterocycles. The van der Waals surface area contributed by atoms with Gasteiger partial charge in [-0.3, -0.25) is 9.52 Å². The Morgan fingerprint density at radius 1 is 1.04 bits per heavy atom. The number of benzene rings is 2. The van der Waals surface area contributed by atoms with Gasteiger partial charge in [-0.1, -0.05) is 28.4 Å². The van der Waals surface area contributed by atoms with Crippen molar-refractivity contribution >= 4 is 50.5 Å². The molecule has 1 aromatic heterocycles. The van der Waals surface area contributed by atoms with Crippen LogP contribution in [0.1, 0.15) is 16.1 Å². The van der Waals surface area contributed by atoms with E-state index in [9.17, 15) is 13.2 Å². The predicted molar refractivity (Wildman–Crippen MR) is 103 cm³/mol. The molecule has 140 valence electrons. The molecule has 0 fully saturated rings. The maximum Gasteiger partial charge on any atom is 0.261 e. The Hall–Kier alpha value is -2.55. The highest BCUT2D eigenvalue weighted by molar-refractivity contribution is 7.92. The molecule has 2 aromatic carbocycles. The minimum atomic E-state index is -3.86. The van der Waals surface area contributed by atoms with E-state index in [1.165, 1.54) is 36.5 Å². The lowest BCUT2D eigenvalue weighted by molar-refractivity contribution is 0.102. The number of amides is 1. The van der Waals surface area contributed by atoms with Crippen LogP contribution in [0.15, 0.2) is 58.1 Å². The van der Waals surface area contributed by atoms with Gasteiger partial charge in [-0.2, -0.15) is 0 Å². The fourth-order valence-corrected chi connectivity index (χ4v) is 4.02. The largest absolute Gasteiger partial charge is 0.361 e. The SMILES string of the molecule is Cc1oncc1C(=O)Nc1ccc(NS(=O)(=O)c2cc(Cl)cc(Cl)c2)cc1. The number of nitrogens with zero attached hydrogens (tertiary/aromatic N) is 1. The molecule has 1 heterocycles. The van der Waals surface area contributed by atoms with Crippen molar-refractivity contribution in [1.29, 1.82) is 0 Å². The second kappa shape index (κ2) is 7.59. The number of rotatable bonds is 5. The summed E-state index contributed by atoms with van der Waals surface area (Å²) in [5.74, 6) is 0.0210. The number of halogens is 2. The second-order valence-corrected chi connectivity index (χ2v) is 8.09. The van der Waals surface area contributed by atoms with Gasteiger partial charge in [0.1, 0.15) is 11.3 Å². The number of aryl methyl sites for hydroxylation is 1. The van der Waals surface area contributed by atoms with Crippen molar-refractivity contribution < 1.29 is 17.7 Å². The number of aromatic nitrogens is 1. The van der Waals surface area contributed by atoms with Crippen LogP contribution < -0.4 is 10.0 Å². The molecule has 0 bridgehead atoms. The Morgan fingerprint density at radius 3 is 2.19 bits per heavy atom. The molecule has 0 spiro atoms. The van der Waals surface area contributed by atoms with Crippen LogP contribution in [0.2, 0.25) is 10.0 Å². The first kappa shape index (κ1) is 19.2. The van der Waals surface area contributed by atoms with Gasteiger partial charge in [0.15, 0.2) is 0 Å². The van der Waals surface area contributed by atoms with E-state index in [0.717, 1.165) is 0 Å². The molecule has 2 N–H and O–H groups in total. The van der Waals surface area contributed by atoms with Crippen molar-refractivity contribution in [1.82, 2.24) is 5.16 Å². The van der Waals surface area contributed by atoms with E-state index in [1.807, 2.05) is 0 Å². The topological polar surface area (TPSA) is 101 Å². The summed E-state index contributed by atoms with van der Waals surface area (Å²) in [7, 11) is -3.86. The van der Waals surface area contributed by atoms with Gasteiger partial charge in [0, 0.05) is 21.4 Å². The molecular weight excluding hydrogens is 413 g/mol. The smallest absolute Gasteiger partial charge is 0.261 e. The molecular formula is C17H13Cl2N3O4S. The molecule has 27 heavy (non-hydrogen) atoms. The number of carbonyl (C=O) groups is 1. The normalized spacial score (nSPS) is 11.2. The summed E-state index contributed by atoms with van der Waals surface area (Å²) in [5, 5.41) is 6.65. The first-order valence-electron chi connectivity index (χ1n) is 7.56. The predicted octanol–water partition coefficient (Wildman–Crippen LogP) is 4.34. The number of carbonyl (C=O) groups excluding carboxylic acids is 1. The van der Waals surface area contributed by atoms with E-state index < -0.39 is 10.0 Å². The summed E-state index contributed by atoms with van der Waals surface area (Å²) in [6.45, 7) is 1.63. The highest BCUT2D eigenvalue weighted by atomic mass is 35.5. The van der Waals surface area contributed by atoms with Crippen LogP contribution in [0, 0.1) is 6.92 Å². The van der Waals surface area contributed by atoms with Gasteiger partial charge < -0.3 is 9.84 Å². The van der Waals surface area contributed by atoms with Gasteiger partial charge in [-0.15, -0.1) is 0 Å². The van der Waals surface area contributed by atoms with Crippen LogP contribution in [-0.2, 0) is 10.0 Å². The number of sulfonamides is 1. The van der Waals surface area contributed by atoms with Crippen molar-refractivity contribution in [2.75, 3.05) is 10.0 Å². The number of hydrogen-bond acceptors (Lipinski definition) is 5. The highest BCUT2D eigenvalue weighted by Crippen LogP contribution is 2.24. The third kappa shape index (κ3) is 4.60. The van der Waals surface area contributed by atoms with E-state index in [1.54, 1.807) is 19.1 Å². The van der Waals surface area contributed by atoms with Gasteiger partial charge in [0.2, 0.25) is 0 Å². The van der Waals surface area contributed by atoms with Crippen molar-refractivity contribution in [3.8, 4) is 0 Å².